The van der Waals surface area contributed by atoms with E-state index in [2.05, 4.69) is 0 Å². The van der Waals surface area contributed by atoms with Gasteiger partial charge < -0.3 is 20.3 Å². The van der Waals surface area contributed by atoms with Crippen LogP contribution in [0.3, 0.4) is 0 Å². The van der Waals surface area contributed by atoms with E-state index in [1.165, 1.54) is 18.2 Å². The van der Waals surface area contributed by atoms with Crippen LogP contribution in [0.2, 0.25) is 5.02 Å². The number of ketones is 1. The minimum absolute atomic E-state index is 0.0929. The van der Waals surface area contributed by atoms with E-state index in [1.54, 1.807) is 23.9 Å². The molecule has 0 saturated carbocycles. The third kappa shape index (κ3) is 3.38. The normalized spacial score (nSPS) is 12.4. The number of ether oxygens (including phenoxy) is 1. The van der Waals surface area contributed by atoms with Gasteiger partial charge in [0.1, 0.15) is 17.5 Å². The predicted molar refractivity (Wildman–Crippen MR) is 107 cm³/mol. The van der Waals surface area contributed by atoms with Crippen molar-refractivity contribution in [2.75, 3.05) is 36.2 Å². The molecule has 0 aliphatic carbocycles. The molecule has 1 aliphatic rings. The molecule has 8 heteroatoms. The molecular weight excluding hydrogens is 380 g/mol. The molecule has 0 atom stereocenters. The number of nitrogens with zero attached hydrogens (tertiary/aromatic N) is 3. The van der Waals surface area contributed by atoms with Crippen molar-refractivity contribution in [1.82, 2.24) is 0 Å². The molecule has 1 aliphatic heterocycles. The van der Waals surface area contributed by atoms with E-state index in [4.69, 9.17) is 22.1 Å². The maximum absolute atomic E-state index is 12.6. The Hall–Kier alpha value is -3.50. The first-order chi connectivity index (χ1) is 13.3. The molecule has 28 heavy (non-hydrogen) atoms. The van der Waals surface area contributed by atoms with Gasteiger partial charge in [-0.05, 0) is 30.3 Å². The van der Waals surface area contributed by atoms with Gasteiger partial charge in [-0.1, -0.05) is 23.7 Å². The van der Waals surface area contributed by atoms with Crippen molar-refractivity contribution in [2.45, 2.75) is 0 Å². The summed E-state index contributed by atoms with van der Waals surface area (Å²) in [4.78, 5) is 28.3. The zero-order chi connectivity index (χ0) is 20.4. The fourth-order valence-corrected chi connectivity index (χ4v) is 3.13. The number of nitrogens with two attached hydrogens (primary N) is 1. The fourth-order valence-electron chi connectivity index (χ4n) is 3.01. The minimum atomic E-state index is -0.726. The van der Waals surface area contributed by atoms with Crippen LogP contribution in [0, 0.1) is 11.3 Å². The Labute approximate surface area is 167 Å². The highest BCUT2D eigenvalue weighted by Gasteiger charge is 2.31. The molecule has 2 aromatic carbocycles. The maximum atomic E-state index is 12.6. The van der Waals surface area contributed by atoms with E-state index in [0.29, 0.717) is 10.8 Å². The first-order valence-corrected chi connectivity index (χ1v) is 8.69. The number of nitrogen functional groups attached to an aromatic ring is 1. The first kappa shape index (κ1) is 19.3. The number of esters is 1. The third-order valence-corrected chi connectivity index (χ3v) is 4.76. The standard InChI is InChI=1S/C20H17ClN4O3/c1-24-16-5-3-4-6-17(16)25(2)19(24)13(10-22)18(26)11-28-20(27)12-7-8-14(21)15(23)9-12/h3-9H,11,23H2,1-2H3. The summed E-state index contributed by atoms with van der Waals surface area (Å²) in [7, 11) is 3.54. The summed E-state index contributed by atoms with van der Waals surface area (Å²) in [5.41, 5.74) is 7.72. The Morgan fingerprint density at radius 3 is 2.29 bits per heavy atom. The average molecular weight is 397 g/mol. The second-order valence-electron chi connectivity index (χ2n) is 6.15. The van der Waals surface area contributed by atoms with Crippen LogP contribution in [-0.4, -0.2) is 32.5 Å². The van der Waals surface area contributed by atoms with E-state index in [1.807, 2.05) is 30.3 Å². The number of anilines is 3. The molecule has 0 radical (unpaired) electrons. The van der Waals surface area contributed by atoms with Gasteiger partial charge in [0.05, 0.1) is 27.6 Å². The molecule has 142 valence electrons. The van der Waals surface area contributed by atoms with Gasteiger partial charge in [-0.2, -0.15) is 5.26 Å². The van der Waals surface area contributed by atoms with Crippen molar-refractivity contribution in [1.29, 1.82) is 5.26 Å². The lowest BCUT2D eigenvalue weighted by Gasteiger charge is -2.19. The van der Waals surface area contributed by atoms with Crippen LogP contribution < -0.4 is 15.5 Å². The number of hydrogen-bond acceptors (Lipinski definition) is 7. The zero-order valence-electron chi connectivity index (χ0n) is 15.3. The molecule has 0 amide bonds. The second-order valence-corrected chi connectivity index (χ2v) is 6.56. The average Bonchev–Trinajstić information content (AvgIpc) is 2.94. The van der Waals surface area contributed by atoms with E-state index in [9.17, 15) is 14.9 Å². The number of benzene rings is 2. The van der Waals surface area contributed by atoms with Gasteiger partial charge in [0.2, 0.25) is 5.78 Å². The Kier molecular flexibility index (Phi) is 5.25. The fraction of sp³-hybridized carbons (Fsp3) is 0.150. The Morgan fingerprint density at radius 1 is 1.14 bits per heavy atom. The van der Waals surface area contributed by atoms with Gasteiger partial charge in [0.25, 0.3) is 0 Å². The zero-order valence-corrected chi connectivity index (χ0v) is 16.0. The second kappa shape index (κ2) is 7.62. The summed E-state index contributed by atoms with van der Waals surface area (Å²) >= 11 is 5.83. The van der Waals surface area contributed by atoms with E-state index >= 15 is 0 Å². The number of hydrogen-bond donors (Lipinski definition) is 1. The first-order valence-electron chi connectivity index (χ1n) is 8.31. The van der Waals surface area contributed by atoms with E-state index < -0.39 is 18.4 Å². The van der Waals surface area contributed by atoms with Gasteiger partial charge in [0, 0.05) is 14.1 Å². The van der Waals surface area contributed by atoms with Crippen LogP contribution in [0.5, 0.6) is 0 Å². The van der Waals surface area contributed by atoms with Crippen LogP contribution in [-0.2, 0) is 9.53 Å². The predicted octanol–water partition coefficient (Wildman–Crippen LogP) is 2.97. The van der Waals surface area contributed by atoms with Crippen LogP contribution in [0.1, 0.15) is 10.4 Å². The smallest absolute Gasteiger partial charge is 0.338 e. The largest absolute Gasteiger partial charge is 0.454 e. The van der Waals surface area contributed by atoms with Crippen molar-refractivity contribution < 1.29 is 14.3 Å². The Morgan fingerprint density at radius 2 is 1.75 bits per heavy atom. The Balaban J connectivity index is 1.79. The van der Waals surface area contributed by atoms with Crippen LogP contribution in [0.4, 0.5) is 17.1 Å². The molecule has 7 nitrogen and oxygen atoms in total. The van der Waals surface area contributed by atoms with Crippen LogP contribution >= 0.6 is 11.6 Å². The SMILES string of the molecule is CN1C(=C(C#N)C(=O)COC(=O)c2ccc(Cl)c(N)c2)N(C)c2ccccc21. The van der Waals surface area contributed by atoms with Crippen molar-refractivity contribution in [3.05, 3.63) is 64.4 Å². The van der Waals surface area contributed by atoms with Gasteiger partial charge >= 0.3 is 5.97 Å². The molecule has 1 heterocycles. The minimum Gasteiger partial charge on any atom is -0.454 e. The monoisotopic (exact) mass is 396 g/mol. The lowest BCUT2D eigenvalue weighted by atomic mass is 10.1. The quantitative estimate of drug-likeness (QED) is 0.367. The molecule has 2 N–H and O–H groups in total. The lowest BCUT2D eigenvalue weighted by Crippen LogP contribution is -2.27. The van der Waals surface area contributed by atoms with E-state index in [-0.39, 0.29) is 16.8 Å². The van der Waals surface area contributed by atoms with E-state index in [0.717, 1.165) is 11.4 Å². The van der Waals surface area contributed by atoms with Gasteiger partial charge in [-0.15, -0.1) is 0 Å². The number of carbonyl (C=O) groups is 2. The summed E-state index contributed by atoms with van der Waals surface area (Å²) in [6, 6.07) is 13.8. The molecule has 0 bridgehead atoms. The molecule has 2 aromatic rings. The van der Waals surface area contributed by atoms with Crippen molar-refractivity contribution >= 4 is 40.4 Å². The lowest BCUT2D eigenvalue weighted by molar-refractivity contribution is -0.118. The third-order valence-electron chi connectivity index (χ3n) is 4.42. The van der Waals surface area contributed by atoms with Gasteiger partial charge in [0.15, 0.2) is 6.61 Å². The molecule has 0 spiro atoms. The summed E-state index contributed by atoms with van der Waals surface area (Å²) < 4.78 is 5.07. The summed E-state index contributed by atoms with van der Waals surface area (Å²) in [6.07, 6.45) is 0. The van der Waals surface area contributed by atoms with Crippen molar-refractivity contribution in [3.8, 4) is 6.07 Å². The highest BCUT2D eigenvalue weighted by Crippen LogP contribution is 2.40. The molecule has 3 rings (SSSR count). The number of carbonyl (C=O) groups excluding carboxylic acids is 2. The molecule has 0 saturated heterocycles. The van der Waals surface area contributed by atoms with Crippen molar-refractivity contribution in [3.63, 3.8) is 0 Å². The van der Waals surface area contributed by atoms with Gasteiger partial charge in [-0.25, -0.2) is 4.79 Å². The Bertz CT molecular complexity index is 1010. The molecular formula is C20H17ClN4O3. The highest BCUT2D eigenvalue weighted by atomic mass is 35.5. The summed E-state index contributed by atoms with van der Waals surface area (Å²) in [5.74, 6) is -0.893. The van der Waals surface area contributed by atoms with Crippen molar-refractivity contribution in [2.24, 2.45) is 0 Å². The number of halogens is 1. The highest BCUT2D eigenvalue weighted by molar-refractivity contribution is 6.33. The number of fused-ring (bicyclic) bond motifs is 1. The number of nitriles is 1. The topological polar surface area (TPSA) is 99.7 Å². The molecule has 0 aromatic heterocycles. The number of rotatable bonds is 4. The van der Waals surface area contributed by atoms with Crippen LogP contribution in [0.15, 0.2) is 53.9 Å². The van der Waals surface area contributed by atoms with Gasteiger partial charge in [-0.3, -0.25) is 4.79 Å². The number of Topliss-reactive ketones (excluding diaryl/α,β-unsaturated/α-hetero) is 1. The molecule has 0 fully saturated rings. The maximum Gasteiger partial charge on any atom is 0.338 e. The summed E-state index contributed by atoms with van der Waals surface area (Å²) in [5, 5.41) is 9.88. The molecule has 0 unspecified atom stereocenters. The number of para-hydroxylation sites is 2. The summed E-state index contributed by atoms with van der Waals surface area (Å²) in [6.45, 7) is -0.564. The van der Waals surface area contributed by atoms with Crippen LogP contribution in [0.25, 0.3) is 0 Å².